The Balaban J connectivity index is -0.000000608. The fraction of sp³-hybridized carbons (Fsp3) is 0.800. The van der Waals surface area contributed by atoms with Crippen molar-refractivity contribution in [3.05, 3.63) is 0 Å². The molecule has 0 spiro atoms. The Morgan fingerprint density at radius 2 is 0.811 bits per heavy atom. The van der Waals surface area contributed by atoms with Crippen LogP contribution >= 0.6 is 0 Å². The van der Waals surface area contributed by atoms with Crippen LogP contribution in [0, 0.1) is 22.7 Å². The Morgan fingerprint density at radius 3 is 0.919 bits per heavy atom. The summed E-state index contributed by atoms with van der Waals surface area (Å²) in [6, 6.07) is 0. The van der Waals surface area contributed by atoms with E-state index in [1.54, 1.807) is 13.8 Å². The molecule has 0 aliphatic heterocycles. The van der Waals surface area contributed by atoms with E-state index in [0.717, 1.165) is 0 Å². The fourth-order valence-corrected chi connectivity index (χ4v) is 6.40. The topological polar surface area (TPSA) is 258 Å². The molecule has 1 radical (unpaired) electrons. The molecule has 0 saturated heterocycles. The predicted molar refractivity (Wildman–Crippen MR) is 131 cm³/mol. The summed E-state index contributed by atoms with van der Waals surface area (Å²) >= 11 is 0. The molecule has 14 nitrogen and oxygen atoms in total. The maximum absolute atomic E-state index is 11.2. The van der Waals surface area contributed by atoms with E-state index in [9.17, 15) is 36.0 Å². The van der Waals surface area contributed by atoms with E-state index in [4.69, 9.17) is 29.5 Å². The third-order valence-electron chi connectivity index (χ3n) is 5.74. The van der Waals surface area contributed by atoms with Crippen LogP contribution < -0.4 is 0 Å². The maximum atomic E-state index is 11.2. The normalized spacial score (nSPS) is 15.6. The number of carboxylic acid groups (broad SMARTS) is 4. The molecule has 0 fully saturated rings. The van der Waals surface area contributed by atoms with E-state index < -0.39 is 77.3 Å². The van der Waals surface area contributed by atoms with Crippen LogP contribution in [0.5, 0.6) is 0 Å². The summed E-state index contributed by atoms with van der Waals surface area (Å²) in [4.78, 5) is 44.2. The average molecular weight is 588 g/mol. The molecule has 0 aromatic carbocycles. The molecule has 0 heterocycles. The molecule has 4 atom stereocenters. The molecular formula is C20H36NaO14S2. The van der Waals surface area contributed by atoms with E-state index in [-0.39, 0.29) is 29.6 Å². The molecule has 0 bridgehead atoms. The molecule has 213 valence electrons. The zero-order valence-corrected chi connectivity index (χ0v) is 25.5. The number of hydrogen-bond acceptors (Lipinski definition) is 8. The van der Waals surface area contributed by atoms with Crippen molar-refractivity contribution in [1.82, 2.24) is 0 Å². The number of carboxylic acids is 4. The second-order valence-corrected chi connectivity index (χ2v) is 12.7. The van der Waals surface area contributed by atoms with E-state index >= 15 is 0 Å². The molecule has 0 saturated carbocycles. The molecule has 0 aromatic heterocycles. The third kappa shape index (κ3) is 12.4. The van der Waals surface area contributed by atoms with Crippen molar-refractivity contribution < 1.29 is 65.5 Å². The Labute approximate surface area is 238 Å². The van der Waals surface area contributed by atoms with Gasteiger partial charge < -0.3 is 20.4 Å². The van der Waals surface area contributed by atoms with Crippen molar-refractivity contribution in [2.45, 2.75) is 77.7 Å². The SMILES string of the molecule is CCCC(C)(C)C(C(=O)O)C(C(=O)O)S(=O)(=O)O.CCCC(C)(C)C(C(=O)O)C(C(=O)O)S(=O)(=O)O.[Na]. The first-order valence-corrected chi connectivity index (χ1v) is 13.7. The van der Waals surface area contributed by atoms with Crippen LogP contribution in [-0.2, 0) is 39.4 Å². The van der Waals surface area contributed by atoms with Gasteiger partial charge in [0.15, 0.2) is 10.5 Å². The van der Waals surface area contributed by atoms with Gasteiger partial charge in [0.25, 0.3) is 20.2 Å². The zero-order chi connectivity index (χ0) is 29.4. The largest absolute Gasteiger partial charge is 0.481 e. The number of aliphatic carboxylic acids is 4. The molecule has 4 unspecified atom stereocenters. The van der Waals surface area contributed by atoms with Crippen molar-refractivity contribution in [2.24, 2.45) is 22.7 Å². The molecule has 0 aromatic rings. The van der Waals surface area contributed by atoms with Crippen LogP contribution in [0.15, 0.2) is 0 Å². The van der Waals surface area contributed by atoms with Gasteiger partial charge in [-0.15, -0.1) is 0 Å². The average Bonchev–Trinajstić information content (AvgIpc) is 2.60. The molecule has 6 N–H and O–H groups in total. The summed E-state index contributed by atoms with van der Waals surface area (Å²) in [6.45, 7) is 9.41. The summed E-state index contributed by atoms with van der Waals surface area (Å²) in [5.74, 6) is -10.3. The molecular weight excluding hydrogens is 551 g/mol. The van der Waals surface area contributed by atoms with Gasteiger partial charge in [-0.2, -0.15) is 16.8 Å². The van der Waals surface area contributed by atoms with Gasteiger partial charge in [0.2, 0.25) is 0 Å². The molecule has 0 aliphatic rings. The van der Waals surface area contributed by atoms with Gasteiger partial charge in [0.1, 0.15) is 0 Å². The van der Waals surface area contributed by atoms with E-state index in [1.165, 1.54) is 27.7 Å². The van der Waals surface area contributed by atoms with Crippen LogP contribution in [0.3, 0.4) is 0 Å². The molecule has 0 aliphatic carbocycles. The maximum Gasteiger partial charge on any atom is 0.325 e. The van der Waals surface area contributed by atoms with Crippen molar-refractivity contribution in [3.63, 3.8) is 0 Å². The van der Waals surface area contributed by atoms with Crippen molar-refractivity contribution in [1.29, 1.82) is 0 Å². The second kappa shape index (κ2) is 15.3. The third-order valence-corrected chi connectivity index (χ3v) is 7.97. The number of hydrogen-bond donors (Lipinski definition) is 6. The van der Waals surface area contributed by atoms with Crippen molar-refractivity contribution >= 4 is 73.7 Å². The van der Waals surface area contributed by atoms with Crippen LogP contribution in [-0.4, -0.2) is 110 Å². The van der Waals surface area contributed by atoms with E-state index in [1.807, 2.05) is 0 Å². The van der Waals surface area contributed by atoms with Gasteiger partial charge in [-0.1, -0.05) is 54.4 Å². The van der Waals surface area contributed by atoms with Crippen LogP contribution in [0.25, 0.3) is 0 Å². The Hall–Kier alpha value is -1.30. The number of rotatable bonds is 14. The predicted octanol–water partition coefficient (Wildman–Crippen LogP) is 1.33. The van der Waals surface area contributed by atoms with E-state index in [0.29, 0.717) is 25.7 Å². The minimum absolute atomic E-state index is 0. The number of carbonyl (C=O) groups is 4. The van der Waals surface area contributed by atoms with Gasteiger partial charge >= 0.3 is 23.9 Å². The summed E-state index contributed by atoms with van der Waals surface area (Å²) in [7, 11) is -9.98. The first-order chi connectivity index (χ1) is 15.9. The first-order valence-electron chi connectivity index (χ1n) is 10.7. The fourth-order valence-electron chi connectivity index (χ4n) is 4.23. The molecule has 0 rings (SSSR count). The Morgan fingerprint density at radius 1 is 0.595 bits per heavy atom. The molecule has 37 heavy (non-hydrogen) atoms. The van der Waals surface area contributed by atoms with Gasteiger partial charge in [-0.05, 0) is 23.7 Å². The summed E-state index contributed by atoms with van der Waals surface area (Å²) in [6.07, 6.45) is 1.77. The smallest absolute Gasteiger partial charge is 0.325 e. The standard InChI is InChI=1S/2C10H18O7S.Na/c2*1-4-5-10(2,3)6(8(11)12)7(9(13)14)18(15,16)17;/h2*6-7H,4-5H2,1-3H3,(H,11,12)(H,13,14)(H,15,16,17);. The van der Waals surface area contributed by atoms with Gasteiger partial charge in [0.05, 0.1) is 11.8 Å². The second-order valence-electron chi connectivity index (χ2n) is 9.66. The molecule has 17 heteroatoms. The van der Waals surface area contributed by atoms with Gasteiger partial charge in [-0.25, -0.2) is 0 Å². The monoisotopic (exact) mass is 587 g/mol. The molecule has 0 amide bonds. The quantitative estimate of drug-likeness (QED) is 0.124. The zero-order valence-electron chi connectivity index (χ0n) is 21.9. The Kier molecular flexibility index (Phi) is 16.7. The van der Waals surface area contributed by atoms with Gasteiger partial charge in [0, 0.05) is 29.6 Å². The van der Waals surface area contributed by atoms with Crippen molar-refractivity contribution in [2.75, 3.05) is 0 Å². The summed E-state index contributed by atoms with van der Waals surface area (Å²) in [5.41, 5.74) is -2.14. The minimum atomic E-state index is -4.99. The van der Waals surface area contributed by atoms with Crippen molar-refractivity contribution in [3.8, 4) is 0 Å². The van der Waals surface area contributed by atoms with Crippen LogP contribution in [0.2, 0.25) is 0 Å². The summed E-state index contributed by atoms with van der Waals surface area (Å²) < 4.78 is 62.2. The summed E-state index contributed by atoms with van der Waals surface area (Å²) in [5, 5.41) is 31.1. The van der Waals surface area contributed by atoms with Crippen LogP contribution in [0.4, 0.5) is 0 Å². The minimum Gasteiger partial charge on any atom is -0.481 e. The van der Waals surface area contributed by atoms with E-state index in [2.05, 4.69) is 0 Å². The Bertz CT molecular complexity index is 936. The first kappa shape index (κ1) is 40.2. The van der Waals surface area contributed by atoms with Gasteiger partial charge in [-0.3, -0.25) is 28.3 Å². The van der Waals surface area contributed by atoms with Crippen LogP contribution in [0.1, 0.15) is 67.2 Å².